The molecule has 0 bridgehead atoms. The quantitative estimate of drug-likeness (QED) is 0.138. The van der Waals surface area contributed by atoms with Gasteiger partial charge in [-0.25, -0.2) is 0 Å². The zero-order chi connectivity index (χ0) is 45.9. The van der Waals surface area contributed by atoms with E-state index in [1.807, 2.05) is 0 Å². The number of anilines is 3. The summed E-state index contributed by atoms with van der Waals surface area (Å²) in [6.07, 6.45) is 0. The molecule has 1 aliphatic carbocycles. The van der Waals surface area contributed by atoms with Gasteiger partial charge < -0.3 is 4.90 Å². The molecular weight excluding hydrogens is 831 g/mol. The van der Waals surface area contributed by atoms with E-state index in [0.717, 1.165) is 22.6 Å². The Morgan fingerprint density at radius 1 is 0.290 bits per heavy atom. The fourth-order valence-electron chi connectivity index (χ4n) is 11.6. The molecule has 0 spiro atoms. The Morgan fingerprint density at radius 2 is 0.797 bits per heavy atom. The molecule has 0 aromatic heterocycles. The third-order valence-electron chi connectivity index (χ3n) is 14.8. The number of hydrogen-bond donors (Lipinski definition) is 0. The SMILES string of the molecule is CC1(c2ccccc2)c2ccccc2-c2c(-c3ccccc3N(c3ccc(-c4cccc5c4ccc4ccccc45)cc3)c3ccccc3-c3cccc4cccc(-c5ccccc5)c34)cccc21. The first kappa shape index (κ1) is 40.5. The molecule has 1 aliphatic rings. The van der Waals surface area contributed by atoms with E-state index in [0.29, 0.717) is 0 Å². The molecule has 0 amide bonds. The maximum absolute atomic E-state index is 2.51. The smallest absolute Gasteiger partial charge is 0.0540 e. The molecule has 0 heterocycles. The maximum atomic E-state index is 2.51. The van der Waals surface area contributed by atoms with Gasteiger partial charge in [0.15, 0.2) is 0 Å². The molecule has 1 heteroatoms. The van der Waals surface area contributed by atoms with E-state index in [1.165, 1.54) is 99.1 Å². The molecular formula is C68H47N. The molecule has 0 saturated carbocycles. The Bertz CT molecular complexity index is 3900. The van der Waals surface area contributed by atoms with Gasteiger partial charge in [0.1, 0.15) is 0 Å². The molecule has 0 radical (unpaired) electrons. The highest BCUT2D eigenvalue weighted by atomic mass is 15.1. The lowest BCUT2D eigenvalue weighted by Gasteiger charge is -2.31. The number of rotatable bonds is 8. The van der Waals surface area contributed by atoms with Crippen LogP contribution < -0.4 is 4.90 Å². The highest BCUT2D eigenvalue weighted by Crippen LogP contribution is 2.57. The Hall–Kier alpha value is -8.78. The van der Waals surface area contributed by atoms with Gasteiger partial charge in [0.2, 0.25) is 0 Å². The summed E-state index contributed by atoms with van der Waals surface area (Å²) in [5.74, 6) is 0. The molecule has 0 N–H and O–H groups in total. The van der Waals surface area contributed by atoms with E-state index in [1.54, 1.807) is 0 Å². The van der Waals surface area contributed by atoms with E-state index in [2.05, 4.69) is 279 Å². The van der Waals surface area contributed by atoms with Crippen molar-refractivity contribution in [2.45, 2.75) is 12.3 Å². The molecule has 0 fully saturated rings. The van der Waals surface area contributed by atoms with Crippen LogP contribution in [0.25, 0.3) is 88.0 Å². The van der Waals surface area contributed by atoms with Gasteiger partial charge in [0.25, 0.3) is 0 Å². The van der Waals surface area contributed by atoms with Crippen LogP contribution in [-0.2, 0) is 5.41 Å². The summed E-state index contributed by atoms with van der Waals surface area (Å²) < 4.78 is 0. The zero-order valence-corrected chi connectivity index (χ0v) is 38.4. The second-order valence-corrected chi connectivity index (χ2v) is 18.4. The van der Waals surface area contributed by atoms with Gasteiger partial charge in [-0.1, -0.05) is 243 Å². The van der Waals surface area contributed by atoms with Crippen molar-refractivity contribution in [3.05, 3.63) is 284 Å². The third-order valence-corrected chi connectivity index (χ3v) is 14.8. The van der Waals surface area contributed by atoms with E-state index in [-0.39, 0.29) is 5.41 Å². The molecule has 1 nitrogen and oxygen atoms in total. The van der Waals surface area contributed by atoms with E-state index in [9.17, 15) is 0 Å². The van der Waals surface area contributed by atoms with Crippen LogP contribution in [0.4, 0.5) is 17.1 Å². The van der Waals surface area contributed by atoms with Crippen LogP contribution in [-0.4, -0.2) is 0 Å². The van der Waals surface area contributed by atoms with Crippen LogP contribution >= 0.6 is 0 Å². The molecule has 1 unspecified atom stereocenters. The molecule has 324 valence electrons. The second-order valence-electron chi connectivity index (χ2n) is 18.4. The van der Waals surface area contributed by atoms with Crippen molar-refractivity contribution in [1.29, 1.82) is 0 Å². The Balaban J connectivity index is 1.05. The number of para-hydroxylation sites is 2. The van der Waals surface area contributed by atoms with Gasteiger partial charge >= 0.3 is 0 Å². The second kappa shape index (κ2) is 16.5. The van der Waals surface area contributed by atoms with Crippen molar-refractivity contribution in [3.63, 3.8) is 0 Å². The molecule has 13 rings (SSSR count). The Morgan fingerprint density at radius 3 is 1.57 bits per heavy atom. The van der Waals surface area contributed by atoms with Gasteiger partial charge in [0, 0.05) is 22.2 Å². The van der Waals surface area contributed by atoms with Gasteiger partial charge in [-0.2, -0.15) is 0 Å². The van der Waals surface area contributed by atoms with Crippen molar-refractivity contribution in [2.24, 2.45) is 0 Å². The summed E-state index contributed by atoms with van der Waals surface area (Å²) in [7, 11) is 0. The topological polar surface area (TPSA) is 3.24 Å². The highest BCUT2D eigenvalue weighted by molar-refractivity contribution is 6.13. The molecule has 0 saturated heterocycles. The van der Waals surface area contributed by atoms with Gasteiger partial charge in [0.05, 0.1) is 11.4 Å². The third kappa shape index (κ3) is 6.54. The standard InChI is InChI=1S/C68H47N/c1-68(50-25-6-3-7-26-50)62-36-13-10-30-61(62)67-60(35-19-37-63(67)68)58-29-12-15-39-65(58)69(51-43-40-48(41-44-51)53-31-18-33-55-52-27-9-8-22-47(52)42-45-56(53)55)64-38-14-11-28-57(64)59-34-17-24-49-23-16-32-54(66(49)59)46-20-4-2-5-21-46/h2-45H,1H3. The predicted molar refractivity (Wildman–Crippen MR) is 293 cm³/mol. The number of nitrogens with zero attached hydrogens (tertiary/aromatic N) is 1. The lowest BCUT2D eigenvalue weighted by molar-refractivity contribution is 0.714. The first-order valence-corrected chi connectivity index (χ1v) is 24.0. The van der Waals surface area contributed by atoms with Crippen LogP contribution in [0.5, 0.6) is 0 Å². The fourth-order valence-corrected chi connectivity index (χ4v) is 11.6. The van der Waals surface area contributed by atoms with Crippen molar-refractivity contribution in [3.8, 4) is 55.6 Å². The van der Waals surface area contributed by atoms with E-state index >= 15 is 0 Å². The summed E-state index contributed by atoms with van der Waals surface area (Å²) in [5.41, 5.74) is 19.1. The van der Waals surface area contributed by atoms with Crippen LogP contribution in [0.15, 0.2) is 267 Å². The van der Waals surface area contributed by atoms with Gasteiger partial charge in [-0.05, 0) is 125 Å². The Kier molecular flexibility index (Phi) is 9.70. The minimum atomic E-state index is -0.320. The van der Waals surface area contributed by atoms with Gasteiger partial charge in [-0.15, -0.1) is 0 Å². The first-order valence-electron chi connectivity index (χ1n) is 24.0. The molecule has 69 heavy (non-hydrogen) atoms. The maximum Gasteiger partial charge on any atom is 0.0540 e. The number of hydrogen-bond acceptors (Lipinski definition) is 1. The van der Waals surface area contributed by atoms with Crippen LogP contribution in [0.2, 0.25) is 0 Å². The molecule has 0 aliphatic heterocycles. The number of benzene rings is 12. The summed E-state index contributed by atoms with van der Waals surface area (Å²) in [6.45, 7) is 2.40. The first-order chi connectivity index (χ1) is 34.1. The summed E-state index contributed by atoms with van der Waals surface area (Å²) in [5, 5.41) is 7.50. The predicted octanol–water partition coefficient (Wildman–Crippen LogP) is 18.6. The van der Waals surface area contributed by atoms with Crippen molar-refractivity contribution in [1.82, 2.24) is 0 Å². The molecule has 12 aromatic carbocycles. The van der Waals surface area contributed by atoms with Crippen LogP contribution in [0, 0.1) is 0 Å². The largest absolute Gasteiger partial charge is 0.309 e. The minimum absolute atomic E-state index is 0.320. The van der Waals surface area contributed by atoms with Crippen LogP contribution in [0.3, 0.4) is 0 Å². The van der Waals surface area contributed by atoms with Crippen molar-refractivity contribution >= 4 is 49.4 Å². The van der Waals surface area contributed by atoms with E-state index in [4.69, 9.17) is 0 Å². The summed E-state index contributed by atoms with van der Waals surface area (Å²) in [4.78, 5) is 2.51. The molecule has 1 atom stereocenters. The normalized spacial score (nSPS) is 13.9. The molecule has 12 aromatic rings. The zero-order valence-electron chi connectivity index (χ0n) is 38.4. The monoisotopic (exact) mass is 877 g/mol. The minimum Gasteiger partial charge on any atom is -0.309 e. The lowest BCUT2D eigenvalue weighted by Crippen LogP contribution is -2.22. The highest BCUT2D eigenvalue weighted by Gasteiger charge is 2.42. The summed E-state index contributed by atoms with van der Waals surface area (Å²) >= 11 is 0. The van der Waals surface area contributed by atoms with Crippen molar-refractivity contribution < 1.29 is 0 Å². The summed E-state index contributed by atoms with van der Waals surface area (Å²) in [6, 6.07) is 98.4. The van der Waals surface area contributed by atoms with E-state index < -0.39 is 0 Å². The van der Waals surface area contributed by atoms with Crippen LogP contribution in [0.1, 0.15) is 23.6 Å². The Labute approximate surface area is 403 Å². The average molecular weight is 878 g/mol. The van der Waals surface area contributed by atoms with Crippen molar-refractivity contribution in [2.75, 3.05) is 4.90 Å². The lowest BCUT2D eigenvalue weighted by atomic mass is 9.74. The van der Waals surface area contributed by atoms with Gasteiger partial charge in [-0.3, -0.25) is 0 Å². The average Bonchev–Trinajstić information content (AvgIpc) is 3.70. The fraction of sp³-hybridized carbons (Fsp3) is 0.0294. The number of fused-ring (bicyclic) bond motifs is 7.